The highest BCUT2D eigenvalue weighted by Gasteiger charge is 2.24. The first-order chi connectivity index (χ1) is 11.2. The van der Waals surface area contributed by atoms with E-state index >= 15 is 0 Å². The second kappa shape index (κ2) is 7.79. The van der Waals surface area contributed by atoms with Gasteiger partial charge in [0.15, 0.2) is 0 Å². The predicted molar refractivity (Wildman–Crippen MR) is 89.3 cm³/mol. The van der Waals surface area contributed by atoms with E-state index in [0.29, 0.717) is 32.2 Å². The summed E-state index contributed by atoms with van der Waals surface area (Å²) in [5.41, 5.74) is 1.86. The van der Waals surface area contributed by atoms with Gasteiger partial charge in [-0.15, -0.1) is 0 Å². The molecule has 1 saturated heterocycles. The van der Waals surface area contributed by atoms with Gasteiger partial charge in [0.25, 0.3) is 0 Å². The minimum absolute atomic E-state index is 0.146. The van der Waals surface area contributed by atoms with E-state index in [0.717, 1.165) is 24.1 Å². The van der Waals surface area contributed by atoms with Crippen LogP contribution in [-0.2, 0) is 11.3 Å². The molecule has 5 heteroatoms. The topological polar surface area (TPSA) is 61.8 Å². The maximum absolute atomic E-state index is 12.1. The summed E-state index contributed by atoms with van der Waals surface area (Å²) in [6.45, 7) is 1.62. The van der Waals surface area contributed by atoms with Crippen LogP contribution in [0.5, 0.6) is 0 Å². The lowest BCUT2D eigenvalue weighted by Gasteiger charge is -2.22. The van der Waals surface area contributed by atoms with E-state index in [9.17, 15) is 9.90 Å². The summed E-state index contributed by atoms with van der Waals surface area (Å²) in [4.78, 5) is 13.8. The van der Waals surface area contributed by atoms with E-state index in [1.807, 2.05) is 24.3 Å². The summed E-state index contributed by atoms with van der Waals surface area (Å²) in [6, 6.07) is 7.67. The molecule has 5 nitrogen and oxygen atoms in total. The van der Waals surface area contributed by atoms with Gasteiger partial charge in [0.2, 0.25) is 0 Å². The normalized spacial score (nSPS) is 22.3. The van der Waals surface area contributed by atoms with Gasteiger partial charge in [0.1, 0.15) is 0 Å². The van der Waals surface area contributed by atoms with Gasteiger partial charge in [0, 0.05) is 18.8 Å². The van der Waals surface area contributed by atoms with Gasteiger partial charge >= 0.3 is 6.03 Å². The van der Waals surface area contributed by atoms with Gasteiger partial charge in [-0.05, 0) is 37.0 Å². The van der Waals surface area contributed by atoms with Crippen LogP contribution in [-0.4, -0.2) is 41.3 Å². The second-order valence-electron chi connectivity index (χ2n) is 6.59. The van der Waals surface area contributed by atoms with Crippen LogP contribution >= 0.6 is 0 Å². The molecule has 0 bridgehead atoms. The van der Waals surface area contributed by atoms with E-state index in [2.05, 4.69) is 5.32 Å². The Morgan fingerprint density at radius 3 is 2.83 bits per heavy atom. The van der Waals surface area contributed by atoms with Crippen LogP contribution in [0.1, 0.15) is 44.1 Å². The first-order valence-corrected chi connectivity index (χ1v) is 8.65. The monoisotopic (exact) mass is 318 g/mol. The van der Waals surface area contributed by atoms with E-state index in [1.54, 1.807) is 4.90 Å². The molecule has 23 heavy (non-hydrogen) atoms. The lowest BCUT2D eigenvalue weighted by Crippen LogP contribution is -2.33. The van der Waals surface area contributed by atoms with E-state index < -0.39 is 6.10 Å². The smallest absolute Gasteiger partial charge is 0.321 e. The molecule has 1 atom stereocenters. The van der Waals surface area contributed by atoms with Crippen molar-refractivity contribution in [3.05, 3.63) is 29.8 Å². The Morgan fingerprint density at radius 1 is 1.26 bits per heavy atom. The average molecular weight is 318 g/mol. The van der Waals surface area contributed by atoms with Crippen molar-refractivity contribution >= 4 is 11.7 Å². The minimum atomic E-state index is -0.393. The highest BCUT2D eigenvalue weighted by atomic mass is 16.5. The van der Waals surface area contributed by atoms with E-state index in [4.69, 9.17) is 4.74 Å². The number of anilines is 1. The number of benzene rings is 1. The van der Waals surface area contributed by atoms with Crippen LogP contribution in [0.2, 0.25) is 0 Å². The molecule has 0 radical (unpaired) electrons. The van der Waals surface area contributed by atoms with Crippen molar-refractivity contribution < 1.29 is 14.6 Å². The molecule has 1 aliphatic carbocycles. The van der Waals surface area contributed by atoms with Crippen LogP contribution in [0.3, 0.4) is 0 Å². The number of rotatable bonds is 4. The van der Waals surface area contributed by atoms with Crippen LogP contribution < -0.4 is 5.32 Å². The number of aliphatic hydroxyl groups excluding tert-OH is 1. The molecular formula is C18H26N2O3. The number of hydrogen-bond donors (Lipinski definition) is 2. The Labute approximate surface area is 137 Å². The average Bonchev–Trinajstić information content (AvgIpc) is 3.01. The Morgan fingerprint density at radius 2 is 2.09 bits per heavy atom. The number of amides is 2. The molecule has 2 fully saturated rings. The zero-order chi connectivity index (χ0) is 16.1. The van der Waals surface area contributed by atoms with Crippen molar-refractivity contribution in [1.82, 2.24) is 4.90 Å². The molecule has 0 aromatic heterocycles. The molecule has 1 heterocycles. The number of aliphatic hydroxyl groups is 1. The lowest BCUT2D eigenvalue weighted by atomic mass is 9.98. The molecule has 126 valence electrons. The van der Waals surface area contributed by atoms with Gasteiger partial charge in [-0.3, -0.25) is 0 Å². The van der Waals surface area contributed by atoms with Crippen molar-refractivity contribution in [3.8, 4) is 0 Å². The minimum Gasteiger partial charge on any atom is -0.391 e. The molecule has 1 saturated carbocycles. The molecule has 1 aliphatic heterocycles. The van der Waals surface area contributed by atoms with Crippen molar-refractivity contribution in [2.45, 2.75) is 57.3 Å². The number of β-amino-alcohol motifs (C(OH)–C–C–N with tert-alkyl or cyclic N) is 1. The van der Waals surface area contributed by atoms with Gasteiger partial charge < -0.3 is 20.1 Å². The number of likely N-dealkylation sites (tertiary alicyclic amines) is 1. The van der Waals surface area contributed by atoms with Crippen LogP contribution in [0.25, 0.3) is 0 Å². The highest BCUT2D eigenvalue weighted by Crippen LogP contribution is 2.22. The molecule has 0 unspecified atom stereocenters. The third kappa shape index (κ3) is 4.69. The first-order valence-electron chi connectivity index (χ1n) is 8.65. The van der Waals surface area contributed by atoms with Crippen LogP contribution in [0.15, 0.2) is 24.3 Å². The molecular weight excluding hydrogens is 292 g/mol. The summed E-state index contributed by atoms with van der Waals surface area (Å²) in [7, 11) is 0. The molecule has 2 amide bonds. The van der Waals surface area contributed by atoms with Gasteiger partial charge in [0.05, 0.1) is 18.8 Å². The van der Waals surface area contributed by atoms with Crippen molar-refractivity contribution in [3.63, 3.8) is 0 Å². The largest absolute Gasteiger partial charge is 0.391 e. The number of hydrogen-bond acceptors (Lipinski definition) is 3. The third-order valence-corrected chi connectivity index (χ3v) is 4.67. The summed E-state index contributed by atoms with van der Waals surface area (Å²) in [5, 5.41) is 12.4. The third-order valence-electron chi connectivity index (χ3n) is 4.67. The fraction of sp³-hybridized carbons (Fsp3) is 0.611. The molecule has 1 aromatic rings. The molecule has 1 aromatic carbocycles. The maximum Gasteiger partial charge on any atom is 0.321 e. The quantitative estimate of drug-likeness (QED) is 0.896. The number of carbonyl (C=O) groups is 1. The first kappa shape index (κ1) is 16.3. The van der Waals surface area contributed by atoms with Crippen molar-refractivity contribution in [1.29, 1.82) is 0 Å². The Hall–Kier alpha value is -1.59. The van der Waals surface area contributed by atoms with Crippen LogP contribution in [0.4, 0.5) is 10.5 Å². The van der Waals surface area contributed by atoms with Crippen molar-refractivity contribution in [2.24, 2.45) is 0 Å². The number of nitrogens with zero attached hydrogens (tertiary/aromatic N) is 1. The fourth-order valence-electron chi connectivity index (χ4n) is 3.31. The zero-order valence-electron chi connectivity index (χ0n) is 13.5. The summed E-state index contributed by atoms with van der Waals surface area (Å²) >= 11 is 0. The number of urea groups is 1. The standard InChI is InChI=1S/C18H26N2O3/c21-16-9-10-20(12-16)18(22)19-15-6-4-5-14(11-15)13-23-17-7-2-1-3-8-17/h4-6,11,16-17,21H,1-3,7-10,12-13H2,(H,19,22)/t16-/m1/s1. The molecule has 3 rings (SSSR count). The van der Waals surface area contributed by atoms with Gasteiger partial charge in [-0.1, -0.05) is 31.4 Å². The van der Waals surface area contributed by atoms with E-state index in [1.165, 1.54) is 19.3 Å². The van der Waals surface area contributed by atoms with Crippen molar-refractivity contribution in [2.75, 3.05) is 18.4 Å². The van der Waals surface area contributed by atoms with Gasteiger partial charge in [-0.25, -0.2) is 4.79 Å². The Balaban J connectivity index is 1.51. The number of nitrogens with one attached hydrogen (secondary N) is 1. The SMILES string of the molecule is O=C(Nc1cccc(COC2CCCCC2)c1)N1CC[C@@H](O)C1. The number of ether oxygens (including phenoxy) is 1. The summed E-state index contributed by atoms with van der Waals surface area (Å²) in [6.07, 6.45) is 6.82. The number of carbonyl (C=O) groups excluding carboxylic acids is 1. The fourth-order valence-corrected chi connectivity index (χ4v) is 3.31. The maximum atomic E-state index is 12.1. The Bertz CT molecular complexity index is 529. The van der Waals surface area contributed by atoms with Gasteiger partial charge in [-0.2, -0.15) is 0 Å². The molecule has 0 spiro atoms. The zero-order valence-corrected chi connectivity index (χ0v) is 13.5. The predicted octanol–water partition coefficient (Wildman–Crippen LogP) is 3.13. The second-order valence-corrected chi connectivity index (χ2v) is 6.59. The van der Waals surface area contributed by atoms with Crippen LogP contribution in [0, 0.1) is 0 Å². The van der Waals surface area contributed by atoms with E-state index in [-0.39, 0.29) is 6.03 Å². The Kier molecular flexibility index (Phi) is 5.51. The highest BCUT2D eigenvalue weighted by molar-refractivity contribution is 5.89. The lowest BCUT2D eigenvalue weighted by molar-refractivity contribution is 0.0169. The molecule has 2 aliphatic rings. The summed E-state index contributed by atoms with van der Waals surface area (Å²) < 4.78 is 5.99. The molecule has 2 N–H and O–H groups in total. The summed E-state index contributed by atoms with van der Waals surface area (Å²) in [5.74, 6) is 0.